The molecule has 0 fully saturated rings. The van der Waals surface area contributed by atoms with Crippen molar-refractivity contribution in [2.24, 2.45) is 0 Å². The number of aromatic nitrogens is 2. The lowest BCUT2D eigenvalue weighted by Crippen LogP contribution is -2.22. The minimum Gasteiger partial charge on any atom is -0.309 e. The lowest BCUT2D eigenvalue weighted by atomic mass is 9.90. The van der Waals surface area contributed by atoms with Crippen LogP contribution in [0.2, 0.25) is 0 Å². The van der Waals surface area contributed by atoms with Crippen LogP contribution < -0.4 is 0 Å². The fourth-order valence-corrected chi connectivity index (χ4v) is 6.60. The highest BCUT2D eigenvalue weighted by atomic mass is 19.4. The van der Waals surface area contributed by atoms with E-state index in [1.54, 1.807) is 48.5 Å². The second-order valence-electron chi connectivity index (χ2n) is 10.9. The molecule has 8 aromatic rings. The Morgan fingerprint density at radius 2 is 0.651 bits per heavy atom. The Bertz CT molecular complexity index is 2010. The van der Waals surface area contributed by atoms with Crippen molar-refractivity contribution in [3.8, 4) is 11.4 Å². The third-order valence-electron chi connectivity index (χ3n) is 8.46. The van der Waals surface area contributed by atoms with Crippen molar-refractivity contribution >= 4 is 43.6 Å². The smallest absolute Gasteiger partial charge is 0.309 e. The Hall–Kier alpha value is -5.29. The molecule has 208 valence electrons. The first-order valence-electron chi connectivity index (χ1n) is 14.2. The van der Waals surface area contributed by atoms with Crippen LogP contribution in [0.15, 0.2) is 146 Å². The van der Waals surface area contributed by atoms with Gasteiger partial charge in [0, 0.05) is 32.9 Å². The van der Waals surface area contributed by atoms with Gasteiger partial charge >= 0.3 is 6.18 Å². The SMILES string of the molecule is FC(F)(F)C(c1ccc(-n2c3ccccc3c3ccccc32)cc1)c1ccc(-n2c3ccccc3c3ccccc32)cc1. The van der Waals surface area contributed by atoms with E-state index >= 15 is 0 Å². The predicted molar refractivity (Wildman–Crippen MR) is 169 cm³/mol. The molecule has 0 N–H and O–H groups in total. The standard InChI is InChI=1S/C38H25F3N2/c39-38(40,41)37(25-17-21-27(22-18-25)42-33-13-5-1-9-29(33)30-10-2-6-14-34(30)42)26-19-23-28(24-20-26)43-35-15-7-3-11-31(35)32-12-4-8-16-36(32)43/h1-24,37H. The van der Waals surface area contributed by atoms with Crippen LogP contribution in [-0.4, -0.2) is 15.3 Å². The van der Waals surface area contributed by atoms with Crippen molar-refractivity contribution in [2.45, 2.75) is 12.1 Å². The van der Waals surface area contributed by atoms with E-state index in [0.717, 1.165) is 55.0 Å². The minimum atomic E-state index is -4.46. The fraction of sp³-hybridized carbons (Fsp3) is 0.0526. The monoisotopic (exact) mass is 566 g/mol. The first kappa shape index (κ1) is 25.4. The van der Waals surface area contributed by atoms with Crippen LogP contribution in [0.5, 0.6) is 0 Å². The van der Waals surface area contributed by atoms with Crippen LogP contribution in [0.1, 0.15) is 17.0 Å². The molecule has 8 rings (SSSR count). The number of hydrogen-bond donors (Lipinski definition) is 0. The number of alkyl halides is 3. The van der Waals surface area contributed by atoms with Crippen molar-refractivity contribution in [1.29, 1.82) is 0 Å². The molecule has 5 heteroatoms. The van der Waals surface area contributed by atoms with Gasteiger partial charge in [0.2, 0.25) is 0 Å². The van der Waals surface area contributed by atoms with E-state index in [4.69, 9.17) is 0 Å². The summed E-state index contributed by atoms with van der Waals surface area (Å²) in [5.41, 5.74) is 6.14. The van der Waals surface area contributed by atoms with Crippen molar-refractivity contribution in [1.82, 2.24) is 9.13 Å². The third kappa shape index (κ3) is 4.03. The molecule has 2 heterocycles. The lowest BCUT2D eigenvalue weighted by molar-refractivity contribution is -0.141. The predicted octanol–water partition coefficient (Wildman–Crippen LogP) is 10.6. The van der Waals surface area contributed by atoms with Crippen LogP contribution in [-0.2, 0) is 0 Å². The molecular formula is C38H25F3N2. The van der Waals surface area contributed by atoms with Gasteiger partial charge in [-0.05, 0) is 59.7 Å². The van der Waals surface area contributed by atoms with Gasteiger partial charge in [0.15, 0.2) is 0 Å². The summed E-state index contributed by atoms with van der Waals surface area (Å²) in [6.07, 6.45) is -4.46. The number of para-hydroxylation sites is 4. The molecule has 2 aromatic heterocycles. The topological polar surface area (TPSA) is 9.86 Å². The summed E-state index contributed by atoms with van der Waals surface area (Å²) < 4.78 is 48.2. The molecule has 0 saturated carbocycles. The van der Waals surface area contributed by atoms with E-state index in [2.05, 4.69) is 33.4 Å². The normalized spacial score (nSPS) is 12.3. The van der Waals surface area contributed by atoms with Crippen LogP contribution in [0.4, 0.5) is 13.2 Å². The first-order valence-corrected chi connectivity index (χ1v) is 14.2. The molecule has 0 radical (unpaired) electrons. The Morgan fingerprint density at radius 3 is 0.930 bits per heavy atom. The van der Waals surface area contributed by atoms with E-state index in [1.807, 2.05) is 72.8 Å². The number of halogens is 3. The second kappa shape index (κ2) is 9.63. The van der Waals surface area contributed by atoms with E-state index in [1.165, 1.54) is 0 Å². The van der Waals surface area contributed by atoms with Gasteiger partial charge in [-0.1, -0.05) is 97.1 Å². The summed E-state index contributed by atoms with van der Waals surface area (Å²) >= 11 is 0. The number of fused-ring (bicyclic) bond motifs is 6. The Balaban J connectivity index is 1.20. The van der Waals surface area contributed by atoms with Crippen LogP contribution in [0, 0.1) is 0 Å². The maximum absolute atomic E-state index is 14.7. The molecule has 0 bridgehead atoms. The van der Waals surface area contributed by atoms with Gasteiger partial charge in [-0.15, -0.1) is 0 Å². The molecule has 0 aliphatic heterocycles. The number of hydrogen-bond acceptors (Lipinski definition) is 0. The summed E-state index contributed by atoms with van der Waals surface area (Å²) in [5.74, 6) is -1.74. The maximum atomic E-state index is 14.7. The molecule has 0 aliphatic rings. The summed E-state index contributed by atoms with van der Waals surface area (Å²) in [6.45, 7) is 0. The van der Waals surface area contributed by atoms with E-state index < -0.39 is 12.1 Å². The average molecular weight is 567 g/mol. The van der Waals surface area contributed by atoms with Gasteiger partial charge in [-0.2, -0.15) is 13.2 Å². The van der Waals surface area contributed by atoms with Crippen LogP contribution in [0.3, 0.4) is 0 Å². The zero-order valence-corrected chi connectivity index (χ0v) is 23.0. The second-order valence-corrected chi connectivity index (χ2v) is 10.9. The zero-order valence-electron chi connectivity index (χ0n) is 23.0. The zero-order chi connectivity index (χ0) is 29.1. The van der Waals surface area contributed by atoms with Gasteiger partial charge < -0.3 is 9.13 Å². The van der Waals surface area contributed by atoms with Crippen molar-refractivity contribution in [2.75, 3.05) is 0 Å². The lowest BCUT2D eigenvalue weighted by Gasteiger charge is -2.22. The van der Waals surface area contributed by atoms with Crippen LogP contribution in [0.25, 0.3) is 55.0 Å². The van der Waals surface area contributed by atoms with Gasteiger partial charge in [0.1, 0.15) is 5.92 Å². The maximum Gasteiger partial charge on any atom is 0.399 e. The summed E-state index contributed by atoms with van der Waals surface area (Å²) in [6, 6.07) is 46.0. The van der Waals surface area contributed by atoms with Crippen molar-refractivity contribution < 1.29 is 13.2 Å². The number of benzene rings is 6. The summed E-state index contributed by atoms with van der Waals surface area (Å²) in [7, 11) is 0. The van der Waals surface area contributed by atoms with E-state index in [-0.39, 0.29) is 11.1 Å². The fourth-order valence-electron chi connectivity index (χ4n) is 6.60. The Morgan fingerprint density at radius 1 is 0.372 bits per heavy atom. The average Bonchev–Trinajstić information content (AvgIpc) is 3.55. The molecule has 0 aliphatic carbocycles. The minimum absolute atomic E-state index is 0.210. The highest BCUT2D eigenvalue weighted by Crippen LogP contribution is 2.41. The van der Waals surface area contributed by atoms with Crippen LogP contribution >= 0.6 is 0 Å². The van der Waals surface area contributed by atoms with Crippen molar-refractivity contribution in [3.63, 3.8) is 0 Å². The Labute approximate surface area is 245 Å². The largest absolute Gasteiger partial charge is 0.399 e. The molecular weight excluding hydrogens is 541 g/mol. The highest BCUT2D eigenvalue weighted by Gasteiger charge is 2.41. The molecule has 43 heavy (non-hydrogen) atoms. The molecule has 2 nitrogen and oxygen atoms in total. The van der Waals surface area contributed by atoms with Gasteiger partial charge in [-0.25, -0.2) is 0 Å². The van der Waals surface area contributed by atoms with E-state index in [9.17, 15) is 13.2 Å². The third-order valence-corrected chi connectivity index (χ3v) is 8.46. The first-order chi connectivity index (χ1) is 21.0. The van der Waals surface area contributed by atoms with Gasteiger partial charge in [-0.3, -0.25) is 0 Å². The number of nitrogens with zero attached hydrogens (tertiary/aromatic N) is 2. The summed E-state index contributed by atoms with van der Waals surface area (Å²) in [4.78, 5) is 0. The quantitative estimate of drug-likeness (QED) is 0.201. The summed E-state index contributed by atoms with van der Waals surface area (Å²) in [5, 5.41) is 4.44. The highest BCUT2D eigenvalue weighted by molar-refractivity contribution is 6.10. The van der Waals surface area contributed by atoms with Gasteiger partial charge in [0.25, 0.3) is 0 Å². The van der Waals surface area contributed by atoms with Gasteiger partial charge in [0.05, 0.1) is 22.1 Å². The molecule has 0 spiro atoms. The Kier molecular flexibility index (Phi) is 5.70. The molecule has 6 aromatic carbocycles. The number of rotatable bonds is 4. The molecule has 0 atom stereocenters. The molecule has 0 unspecified atom stereocenters. The molecule has 0 amide bonds. The van der Waals surface area contributed by atoms with E-state index in [0.29, 0.717) is 0 Å². The molecule has 0 saturated heterocycles. The van der Waals surface area contributed by atoms with Crippen molar-refractivity contribution in [3.05, 3.63) is 157 Å².